The van der Waals surface area contributed by atoms with Crippen molar-refractivity contribution in [1.29, 1.82) is 0 Å². The monoisotopic (exact) mass is 183 g/mol. The number of aryl methyl sites for hydroxylation is 1. The molecule has 0 saturated heterocycles. The van der Waals surface area contributed by atoms with Gasteiger partial charge in [-0.2, -0.15) is 0 Å². The van der Waals surface area contributed by atoms with Gasteiger partial charge in [0.15, 0.2) is 12.9 Å². The van der Waals surface area contributed by atoms with Gasteiger partial charge in [-0.05, 0) is 30.7 Å². The third kappa shape index (κ3) is 2.24. The van der Waals surface area contributed by atoms with Crippen LogP contribution in [0.15, 0.2) is 18.2 Å². The maximum atomic E-state index is 9.92. The van der Waals surface area contributed by atoms with E-state index in [4.69, 9.17) is 16.3 Å². The van der Waals surface area contributed by atoms with Crippen molar-refractivity contribution in [2.75, 3.05) is 0 Å². The van der Waals surface area contributed by atoms with Crippen molar-refractivity contribution in [3.8, 4) is 5.75 Å². The van der Waals surface area contributed by atoms with Gasteiger partial charge in [-0.25, -0.2) is 0 Å². The van der Waals surface area contributed by atoms with Gasteiger partial charge in [-0.15, -0.1) is 0 Å². The van der Waals surface area contributed by atoms with Crippen molar-refractivity contribution in [3.63, 3.8) is 0 Å². The Balaban J connectivity index is 2.75. The average molecular weight is 184 g/mol. The Bertz CT molecular complexity index is 284. The Morgan fingerprint density at radius 2 is 2.25 bits per heavy atom. The van der Waals surface area contributed by atoms with Gasteiger partial charge in [0.05, 0.1) is 0 Å². The summed E-state index contributed by atoms with van der Waals surface area (Å²) in [5, 5.41) is 0.688. The van der Waals surface area contributed by atoms with E-state index in [1.54, 1.807) is 18.2 Å². The highest BCUT2D eigenvalue weighted by atomic mass is 35.5. The van der Waals surface area contributed by atoms with E-state index >= 15 is 0 Å². The Kier molecular flexibility index (Phi) is 3.11. The van der Waals surface area contributed by atoms with Crippen molar-refractivity contribution in [3.05, 3.63) is 35.4 Å². The summed E-state index contributed by atoms with van der Waals surface area (Å²) in [6.45, 7) is 2.96. The van der Waals surface area contributed by atoms with Crippen LogP contribution in [0.2, 0.25) is 5.02 Å². The summed E-state index contributed by atoms with van der Waals surface area (Å²) in [6, 6.07) is 5.20. The highest BCUT2D eigenvalue weighted by molar-refractivity contribution is 6.31. The van der Waals surface area contributed by atoms with E-state index in [-0.39, 0.29) is 0 Å². The van der Waals surface area contributed by atoms with Crippen LogP contribution < -0.4 is 4.74 Å². The van der Waals surface area contributed by atoms with Crippen LogP contribution in [0, 0.1) is 13.5 Å². The summed E-state index contributed by atoms with van der Waals surface area (Å²) in [5.41, 5.74) is 0.925. The molecule has 0 spiro atoms. The normalized spacial score (nSPS) is 9.50. The second-order valence-electron chi connectivity index (χ2n) is 2.30. The lowest BCUT2D eigenvalue weighted by atomic mass is 10.2. The molecule has 0 bridgehead atoms. The van der Waals surface area contributed by atoms with Gasteiger partial charge in [0.25, 0.3) is 0 Å². The molecule has 0 unspecified atom stereocenters. The molecule has 2 nitrogen and oxygen atoms in total. The Morgan fingerprint density at radius 3 is 2.83 bits per heavy atom. The summed E-state index contributed by atoms with van der Waals surface area (Å²) in [7, 11) is 0. The van der Waals surface area contributed by atoms with E-state index in [9.17, 15) is 4.79 Å². The minimum absolute atomic E-state index is 0.587. The number of benzene rings is 1. The molecule has 12 heavy (non-hydrogen) atoms. The van der Waals surface area contributed by atoms with Crippen molar-refractivity contribution < 1.29 is 9.53 Å². The number of carbonyl (C=O) groups is 1. The van der Waals surface area contributed by atoms with Crippen LogP contribution in [0.25, 0.3) is 0 Å². The largest absolute Gasteiger partial charge is 0.479 e. The molecule has 0 aliphatic rings. The van der Waals surface area contributed by atoms with E-state index in [1.807, 2.05) is 6.92 Å². The lowest BCUT2D eigenvalue weighted by Crippen LogP contribution is -1.90. The molecule has 0 aromatic heterocycles. The summed E-state index contributed by atoms with van der Waals surface area (Å²) in [5.74, 6) is 0.615. The van der Waals surface area contributed by atoms with Crippen molar-refractivity contribution in [2.24, 2.45) is 0 Å². The molecule has 0 fully saturated rings. The molecule has 1 aromatic rings. The molecule has 0 amide bonds. The van der Waals surface area contributed by atoms with E-state index in [0.717, 1.165) is 12.2 Å². The lowest BCUT2D eigenvalue weighted by molar-refractivity contribution is -0.107. The first-order chi connectivity index (χ1) is 5.74. The standard InChI is InChI=1S/C9H8ClO2/c1-7-6-8(12-5-4-11)2-3-9(7)10/h2-6H,1H3. The number of hydrogen-bond donors (Lipinski definition) is 0. The van der Waals surface area contributed by atoms with Crippen LogP contribution >= 0.6 is 11.6 Å². The van der Waals surface area contributed by atoms with Crippen LogP contribution in [0.4, 0.5) is 0 Å². The number of carbonyl (C=O) groups excluding carboxylic acids is 1. The zero-order chi connectivity index (χ0) is 8.97. The number of rotatable bonds is 3. The maximum Gasteiger partial charge on any atom is 0.197 e. The number of ether oxygens (including phenoxy) is 1. The molecule has 1 rings (SSSR count). The summed E-state index contributed by atoms with van der Waals surface area (Å²) < 4.78 is 4.94. The first-order valence-electron chi connectivity index (χ1n) is 3.44. The number of aldehydes is 1. The van der Waals surface area contributed by atoms with Crippen LogP contribution in [0.1, 0.15) is 5.56 Å². The lowest BCUT2D eigenvalue weighted by Gasteiger charge is -2.02. The molecule has 1 aromatic carbocycles. The molecule has 0 aliphatic heterocycles. The summed E-state index contributed by atoms with van der Waals surface area (Å²) >= 11 is 5.78. The molecular formula is C9H8ClO2. The predicted octanol–water partition coefficient (Wildman–Crippen LogP) is 2.39. The van der Waals surface area contributed by atoms with E-state index in [2.05, 4.69) is 0 Å². The Morgan fingerprint density at radius 1 is 1.50 bits per heavy atom. The second-order valence-corrected chi connectivity index (χ2v) is 2.71. The quantitative estimate of drug-likeness (QED) is 0.673. The zero-order valence-electron chi connectivity index (χ0n) is 6.58. The van der Waals surface area contributed by atoms with Crippen molar-refractivity contribution >= 4 is 17.9 Å². The van der Waals surface area contributed by atoms with Gasteiger partial charge in [0, 0.05) is 5.02 Å². The molecule has 0 saturated carbocycles. The minimum atomic E-state index is 0.587. The minimum Gasteiger partial charge on any atom is -0.479 e. The highest BCUT2D eigenvalue weighted by Crippen LogP contribution is 2.20. The maximum absolute atomic E-state index is 9.92. The van der Waals surface area contributed by atoms with Gasteiger partial charge < -0.3 is 4.74 Å². The first-order valence-corrected chi connectivity index (χ1v) is 3.81. The van der Waals surface area contributed by atoms with E-state index < -0.39 is 0 Å². The van der Waals surface area contributed by atoms with Crippen molar-refractivity contribution in [2.45, 2.75) is 6.92 Å². The second kappa shape index (κ2) is 4.12. The van der Waals surface area contributed by atoms with Crippen LogP contribution in [0.5, 0.6) is 5.75 Å². The van der Waals surface area contributed by atoms with Crippen LogP contribution in [-0.2, 0) is 4.79 Å². The van der Waals surface area contributed by atoms with E-state index in [1.165, 1.54) is 0 Å². The fourth-order valence-electron chi connectivity index (χ4n) is 0.797. The molecule has 0 atom stereocenters. The Hall–Kier alpha value is -1.02. The number of halogens is 1. The third-order valence-electron chi connectivity index (χ3n) is 1.39. The first kappa shape index (κ1) is 9.07. The van der Waals surface area contributed by atoms with Crippen LogP contribution in [-0.4, -0.2) is 6.29 Å². The molecular weight excluding hydrogens is 176 g/mol. The zero-order valence-corrected chi connectivity index (χ0v) is 7.34. The van der Waals surface area contributed by atoms with Gasteiger partial charge in [0.2, 0.25) is 0 Å². The van der Waals surface area contributed by atoms with Crippen LogP contribution in [0.3, 0.4) is 0 Å². The highest BCUT2D eigenvalue weighted by Gasteiger charge is 1.97. The summed E-state index contributed by atoms with van der Waals surface area (Å²) in [6.07, 6.45) is 0.587. The predicted molar refractivity (Wildman–Crippen MR) is 47.2 cm³/mol. The smallest absolute Gasteiger partial charge is 0.197 e. The SMILES string of the molecule is Cc1cc(O[CH]C=O)ccc1Cl. The molecule has 0 aliphatic carbocycles. The topological polar surface area (TPSA) is 26.3 Å². The number of hydrogen-bond acceptors (Lipinski definition) is 2. The van der Waals surface area contributed by atoms with Gasteiger partial charge in [-0.3, -0.25) is 4.79 Å². The van der Waals surface area contributed by atoms with Gasteiger partial charge in [-0.1, -0.05) is 11.6 Å². The fraction of sp³-hybridized carbons (Fsp3) is 0.111. The van der Waals surface area contributed by atoms with E-state index in [0.29, 0.717) is 17.1 Å². The van der Waals surface area contributed by atoms with Gasteiger partial charge in [0.1, 0.15) is 5.75 Å². The molecule has 1 radical (unpaired) electrons. The summed E-state index contributed by atoms with van der Waals surface area (Å²) in [4.78, 5) is 9.92. The Labute approximate surface area is 76.1 Å². The average Bonchev–Trinajstić information content (AvgIpc) is 2.07. The molecule has 0 heterocycles. The third-order valence-corrected chi connectivity index (χ3v) is 1.81. The molecule has 0 N–H and O–H groups in total. The van der Waals surface area contributed by atoms with Gasteiger partial charge >= 0.3 is 0 Å². The fourth-order valence-corrected chi connectivity index (χ4v) is 0.914. The molecule has 3 heteroatoms. The van der Waals surface area contributed by atoms with Crippen molar-refractivity contribution in [1.82, 2.24) is 0 Å². The molecule has 63 valence electrons.